The minimum atomic E-state index is -0.116. The van der Waals surface area contributed by atoms with E-state index in [4.69, 9.17) is 4.74 Å². The van der Waals surface area contributed by atoms with Crippen molar-refractivity contribution in [1.29, 1.82) is 0 Å². The minimum Gasteiger partial charge on any atom is -0.381 e. The lowest BCUT2D eigenvalue weighted by Crippen LogP contribution is -2.43. The Hall–Kier alpha value is -0.410. The zero-order valence-electron chi connectivity index (χ0n) is 11.0. The second-order valence-electron chi connectivity index (χ2n) is 5.65. The fourth-order valence-electron chi connectivity index (χ4n) is 2.69. The number of aldehydes is 1. The quantitative estimate of drug-likeness (QED) is 0.638. The van der Waals surface area contributed by atoms with Crippen LogP contribution < -0.4 is 0 Å². The average Bonchev–Trinajstić information content (AvgIpc) is 3.20. The van der Waals surface area contributed by atoms with Gasteiger partial charge >= 0.3 is 0 Å². The van der Waals surface area contributed by atoms with Crippen molar-refractivity contribution in [2.75, 3.05) is 26.3 Å². The van der Waals surface area contributed by atoms with Gasteiger partial charge in [-0.25, -0.2) is 0 Å². The van der Waals surface area contributed by atoms with Gasteiger partial charge in [-0.1, -0.05) is 13.3 Å². The molecular formula is C14H25NO2. The zero-order valence-corrected chi connectivity index (χ0v) is 11.0. The predicted octanol–water partition coefficient (Wildman–Crippen LogP) is 2.25. The maximum Gasteiger partial charge on any atom is 0.127 e. The predicted molar refractivity (Wildman–Crippen MR) is 68.1 cm³/mol. The van der Waals surface area contributed by atoms with Crippen molar-refractivity contribution in [2.24, 2.45) is 5.41 Å². The number of hydrogen-bond acceptors (Lipinski definition) is 3. The second-order valence-corrected chi connectivity index (χ2v) is 5.65. The van der Waals surface area contributed by atoms with Gasteiger partial charge in [-0.15, -0.1) is 0 Å². The first-order chi connectivity index (χ1) is 8.29. The van der Waals surface area contributed by atoms with E-state index >= 15 is 0 Å². The first kappa shape index (κ1) is 13.0. The number of unbranched alkanes of at least 4 members (excludes halogenated alkanes) is 1. The fourth-order valence-corrected chi connectivity index (χ4v) is 2.69. The molecule has 3 heteroatoms. The van der Waals surface area contributed by atoms with Gasteiger partial charge in [-0.2, -0.15) is 0 Å². The van der Waals surface area contributed by atoms with E-state index in [1.165, 1.54) is 32.0 Å². The molecule has 98 valence electrons. The van der Waals surface area contributed by atoms with Crippen molar-refractivity contribution in [3.8, 4) is 0 Å². The molecule has 0 unspecified atom stereocenters. The van der Waals surface area contributed by atoms with Gasteiger partial charge in [0.25, 0.3) is 0 Å². The summed E-state index contributed by atoms with van der Waals surface area (Å²) < 4.78 is 5.39. The van der Waals surface area contributed by atoms with E-state index < -0.39 is 0 Å². The first-order valence-corrected chi connectivity index (χ1v) is 7.08. The van der Waals surface area contributed by atoms with E-state index in [1.54, 1.807) is 0 Å². The van der Waals surface area contributed by atoms with Crippen molar-refractivity contribution >= 4 is 6.29 Å². The summed E-state index contributed by atoms with van der Waals surface area (Å²) in [5, 5.41) is 0. The van der Waals surface area contributed by atoms with Gasteiger partial charge < -0.3 is 9.53 Å². The van der Waals surface area contributed by atoms with Crippen molar-refractivity contribution in [3.05, 3.63) is 0 Å². The van der Waals surface area contributed by atoms with Gasteiger partial charge in [0.1, 0.15) is 6.29 Å². The highest BCUT2D eigenvalue weighted by Gasteiger charge is 2.38. The lowest BCUT2D eigenvalue weighted by Gasteiger charge is -2.37. The van der Waals surface area contributed by atoms with Crippen molar-refractivity contribution in [3.63, 3.8) is 0 Å². The molecule has 0 aromatic rings. The Kier molecular flexibility index (Phi) is 4.57. The summed E-state index contributed by atoms with van der Waals surface area (Å²) in [6.45, 7) is 5.87. The van der Waals surface area contributed by atoms with Crippen LogP contribution in [0, 0.1) is 5.41 Å². The molecule has 0 N–H and O–H groups in total. The summed E-state index contributed by atoms with van der Waals surface area (Å²) in [5.41, 5.74) is -0.116. The number of nitrogens with zero attached hydrogens (tertiary/aromatic N) is 1. The molecule has 1 aliphatic heterocycles. The Bertz CT molecular complexity index is 245. The van der Waals surface area contributed by atoms with Gasteiger partial charge in [0.05, 0.1) is 0 Å². The third-order valence-corrected chi connectivity index (χ3v) is 4.12. The van der Waals surface area contributed by atoms with E-state index in [1.807, 2.05) is 0 Å². The van der Waals surface area contributed by atoms with Gasteiger partial charge in [0.15, 0.2) is 0 Å². The molecule has 1 aliphatic carbocycles. The molecule has 0 aromatic carbocycles. The smallest absolute Gasteiger partial charge is 0.127 e. The van der Waals surface area contributed by atoms with Crippen molar-refractivity contribution in [1.82, 2.24) is 4.90 Å². The van der Waals surface area contributed by atoms with E-state index in [-0.39, 0.29) is 5.41 Å². The zero-order chi connectivity index (χ0) is 12.1. The van der Waals surface area contributed by atoms with Crippen LogP contribution in [-0.4, -0.2) is 43.5 Å². The molecule has 1 heterocycles. The Labute approximate surface area is 105 Å². The van der Waals surface area contributed by atoms with E-state index in [0.717, 1.165) is 45.2 Å². The summed E-state index contributed by atoms with van der Waals surface area (Å²) in [4.78, 5) is 14.0. The molecule has 3 nitrogen and oxygen atoms in total. The van der Waals surface area contributed by atoms with Crippen LogP contribution in [-0.2, 0) is 9.53 Å². The molecule has 0 bridgehead atoms. The Morgan fingerprint density at radius 3 is 2.59 bits per heavy atom. The average molecular weight is 239 g/mol. The van der Waals surface area contributed by atoms with Gasteiger partial charge in [-0.05, 0) is 38.6 Å². The molecule has 0 atom stereocenters. The summed E-state index contributed by atoms with van der Waals surface area (Å²) in [7, 11) is 0. The molecule has 1 saturated heterocycles. The van der Waals surface area contributed by atoms with Gasteiger partial charge in [0, 0.05) is 31.2 Å². The third kappa shape index (κ3) is 3.52. The maximum absolute atomic E-state index is 11.5. The van der Waals surface area contributed by atoms with Crippen LogP contribution in [0.25, 0.3) is 0 Å². The van der Waals surface area contributed by atoms with Crippen LogP contribution in [0.5, 0.6) is 0 Å². The molecule has 0 amide bonds. The number of ether oxygens (including phenoxy) is 1. The highest BCUT2D eigenvalue weighted by Crippen LogP contribution is 2.34. The molecular weight excluding hydrogens is 214 g/mol. The minimum absolute atomic E-state index is 0.116. The number of carbonyl (C=O) groups excluding carboxylic acids is 1. The Morgan fingerprint density at radius 1 is 1.35 bits per heavy atom. The lowest BCUT2D eigenvalue weighted by molar-refractivity contribution is -0.123. The number of rotatable bonds is 7. The van der Waals surface area contributed by atoms with Crippen LogP contribution in [0.4, 0.5) is 0 Å². The van der Waals surface area contributed by atoms with E-state index in [0.29, 0.717) is 0 Å². The highest BCUT2D eigenvalue weighted by molar-refractivity contribution is 5.60. The molecule has 17 heavy (non-hydrogen) atoms. The van der Waals surface area contributed by atoms with E-state index in [2.05, 4.69) is 11.8 Å². The largest absolute Gasteiger partial charge is 0.381 e. The Morgan fingerprint density at radius 2 is 2.06 bits per heavy atom. The van der Waals surface area contributed by atoms with Crippen LogP contribution in [0.3, 0.4) is 0 Å². The monoisotopic (exact) mass is 239 g/mol. The molecule has 2 aliphatic rings. The summed E-state index contributed by atoms with van der Waals surface area (Å²) >= 11 is 0. The lowest BCUT2D eigenvalue weighted by atomic mass is 9.81. The Balaban J connectivity index is 1.91. The van der Waals surface area contributed by atoms with Crippen LogP contribution in [0.15, 0.2) is 0 Å². The van der Waals surface area contributed by atoms with E-state index in [9.17, 15) is 4.79 Å². The highest BCUT2D eigenvalue weighted by atomic mass is 16.5. The topological polar surface area (TPSA) is 29.5 Å². The molecule has 0 radical (unpaired) electrons. The summed E-state index contributed by atoms with van der Waals surface area (Å²) in [6.07, 6.45) is 8.17. The van der Waals surface area contributed by atoms with Crippen molar-refractivity contribution < 1.29 is 9.53 Å². The first-order valence-electron chi connectivity index (χ1n) is 7.08. The number of hydrogen-bond donors (Lipinski definition) is 0. The summed E-state index contributed by atoms with van der Waals surface area (Å²) in [5.74, 6) is 0. The summed E-state index contributed by atoms with van der Waals surface area (Å²) in [6, 6.07) is 0.765. The molecule has 0 aromatic heterocycles. The van der Waals surface area contributed by atoms with Gasteiger partial charge in [0.2, 0.25) is 0 Å². The van der Waals surface area contributed by atoms with Crippen LogP contribution >= 0.6 is 0 Å². The molecule has 0 spiro atoms. The molecule has 1 saturated carbocycles. The molecule has 2 rings (SSSR count). The third-order valence-electron chi connectivity index (χ3n) is 4.12. The normalized spacial score (nSPS) is 23.9. The standard InChI is InChI=1S/C14H25NO2/c1-2-3-8-15(13-4-5-13)11-14(12-16)6-9-17-10-7-14/h12-13H,2-11H2,1H3. The molecule has 2 fully saturated rings. The van der Waals surface area contributed by atoms with Gasteiger partial charge in [-0.3, -0.25) is 4.90 Å². The SMILES string of the molecule is CCCCN(CC1(C=O)CCOCC1)C1CC1. The second kappa shape index (κ2) is 5.96. The van der Waals surface area contributed by atoms with Crippen LogP contribution in [0.1, 0.15) is 45.4 Å². The number of carbonyl (C=O) groups is 1. The van der Waals surface area contributed by atoms with Crippen molar-refractivity contribution in [2.45, 2.75) is 51.5 Å². The maximum atomic E-state index is 11.5. The fraction of sp³-hybridized carbons (Fsp3) is 0.929. The van der Waals surface area contributed by atoms with Crippen LogP contribution in [0.2, 0.25) is 0 Å².